The lowest BCUT2D eigenvalue weighted by Gasteiger charge is -2.13. The number of hydrogen-bond donors (Lipinski definition) is 2. The summed E-state index contributed by atoms with van der Waals surface area (Å²) in [6.45, 7) is 2.31. The van der Waals surface area contributed by atoms with Crippen LogP contribution >= 0.6 is 23.1 Å². The Morgan fingerprint density at radius 3 is 2.71 bits per heavy atom. The van der Waals surface area contributed by atoms with Crippen molar-refractivity contribution in [3.63, 3.8) is 0 Å². The van der Waals surface area contributed by atoms with Crippen molar-refractivity contribution < 1.29 is 19.2 Å². The van der Waals surface area contributed by atoms with Gasteiger partial charge < -0.3 is 15.4 Å². The summed E-state index contributed by atoms with van der Waals surface area (Å²) in [7, 11) is 1.41. The van der Waals surface area contributed by atoms with Crippen LogP contribution < -0.4 is 15.4 Å². The number of likely N-dealkylation sites (tertiary alicyclic amines) is 1. The lowest BCUT2D eigenvalue weighted by molar-refractivity contribution is -0.384. The molecule has 1 saturated heterocycles. The number of hydrogen-bond acceptors (Lipinski definition) is 9. The molecule has 0 atom stereocenters. The Balaban J connectivity index is 1.35. The van der Waals surface area contributed by atoms with Crippen molar-refractivity contribution in [2.45, 2.75) is 17.2 Å². The smallest absolute Gasteiger partial charge is 0.296 e. The first-order valence-corrected chi connectivity index (χ1v) is 12.4. The Morgan fingerprint density at radius 1 is 1.18 bits per heavy atom. The number of ether oxygens (including phenoxy) is 1. The maximum atomic E-state index is 12.4. The number of fused-ring (bicyclic) bond motifs is 1. The van der Waals surface area contributed by atoms with Crippen molar-refractivity contribution >= 4 is 62.2 Å². The summed E-state index contributed by atoms with van der Waals surface area (Å²) in [5.74, 6) is -0.0418. The number of benzene rings is 2. The van der Waals surface area contributed by atoms with E-state index in [0.29, 0.717) is 22.3 Å². The molecule has 12 heteroatoms. The maximum Gasteiger partial charge on any atom is 0.296 e. The van der Waals surface area contributed by atoms with Gasteiger partial charge in [0.15, 0.2) is 4.34 Å². The summed E-state index contributed by atoms with van der Waals surface area (Å²) >= 11 is 2.66. The number of carbonyl (C=O) groups excluding carboxylic acids is 2. The Hall–Kier alpha value is -3.22. The molecule has 34 heavy (non-hydrogen) atoms. The highest BCUT2D eigenvalue weighted by Gasteiger charge is 2.18. The first-order valence-electron chi connectivity index (χ1n) is 10.6. The number of nitrogens with zero attached hydrogens (tertiary/aromatic N) is 3. The van der Waals surface area contributed by atoms with Gasteiger partial charge in [-0.1, -0.05) is 11.8 Å². The van der Waals surface area contributed by atoms with Crippen molar-refractivity contribution in [1.82, 2.24) is 9.88 Å². The molecule has 1 fully saturated rings. The molecule has 2 aromatic carbocycles. The van der Waals surface area contributed by atoms with Gasteiger partial charge in [-0.3, -0.25) is 24.6 Å². The molecular formula is C22H23N5O5S2. The van der Waals surface area contributed by atoms with Gasteiger partial charge >= 0.3 is 0 Å². The van der Waals surface area contributed by atoms with E-state index in [9.17, 15) is 19.7 Å². The van der Waals surface area contributed by atoms with Crippen molar-refractivity contribution in [1.29, 1.82) is 0 Å². The largest absolute Gasteiger partial charge is 0.496 e. The Morgan fingerprint density at radius 2 is 1.97 bits per heavy atom. The standard InChI is InChI=1S/C22H23N5O5S2/c1-32-15-5-7-16(18(11-15)27(30)31)24-21(29)13-33-22-25-17-6-4-14(10-19(17)34-22)23-20(28)12-26-8-2-3-9-26/h4-7,10-11H,2-3,8-9,12-13H2,1H3,(H,23,28)(H,24,29). The van der Waals surface area contributed by atoms with Gasteiger partial charge in [-0.15, -0.1) is 11.3 Å². The second-order valence-electron chi connectivity index (χ2n) is 7.67. The predicted octanol–water partition coefficient (Wildman–Crippen LogP) is 3.98. The molecule has 0 aliphatic carbocycles. The molecule has 0 unspecified atom stereocenters. The average molecular weight is 502 g/mol. The number of thiazole rings is 1. The molecule has 0 spiro atoms. The zero-order valence-electron chi connectivity index (χ0n) is 18.4. The van der Waals surface area contributed by atoms with Crippen molar-refractivity contribution in [3.8, 4) is 5.75 Å². The van der Waals surface area contributed by atoms with Gasteiger partial charge in [-0.05, 0) is 56.3 Å². The number of carbonyl (C=O) groups is 2. The fraction of sp³-hybridized carbons (Fsp3) is 0.318. The number of anilines is 2. The minimum Gasteiger partial charge on any atom is -0.496 e. The molecule has 3 aromatic rings. The van der Waals surface area contributed by atoms with Gasteiger partial charge in [0.05, 0.1) is 40.6 Å². The van der Waals surface area contributed by atoms with Gasteiger partial charge in [0.1, 0.15) is 11.4 Å². The lowest BCUT2D eigenvalue weighted by atomic mass is 10.2. The zero-order valence-corrected chi connectivity index (χ0v) is 20.0. The molecule has 0 radical (unpaired) electrons. The van der Waals surface area contributed by atoms with E-state index in [1.807, 2.05) is 18.2 Å². The van der Waals surface area contributed by atoms with E-state index in [1.54, 1.807) is 6.07 Å². The van der Waals surface area contributed by atoms with Crippen LogP contribution in [0.25, 0.3) is 10.2 Å². The van der Waals surface area contributed by atoms with Gasteiger partial charge in [0.2, 0.25) is 11.8 Å². The number of methoxy groups -OCH3 is 1. The fourth-order valence-electron chi connectivity index (χ4n) is 3.60. The molecule has 2 amide bonds. The maximum absolute atomic E-state index is 12.4. The number of nitro groups is 1. The van der Waals surface area contributed by atoms with Crippen LogP contribution in [0.2, 0.25) is 0 Å². The number of amides is 2. The molecule has 1 aliphatic heterocycles. The Labute approximate surface area is 203 Å². The van der Waals surface area contributed by atoms with Crippen LogP contribution in [0.3, 0.4) is 0 Å². The van der Waals surface area contributed by atoms with Crippen LogP contribution in [0.15, 0.2) is 40.7 Å². The third-order valence-corrected chi connectivity index (χ3v) is 7.38. The molecule has 0 saturated carbocycles. The van der Waals surface area contributed by atoms with E-state index >= 15 is 0 Å². The SMILES string of the molecule is COc1ccc(NC(=O)CSc2nc3ccc(NC(=O)CN4CCCC4)cc3s2)c([N+](=O)[O-])c1. The fourth-order valence-corrected chi connectivity index (χ4v) is 5.50. The van der Waals surface area contributed by atoms with Gasteiger partial charge in [-0.25, -0.2) is 4.98 Å². The highest BCUT2D eigenvalue weighted by molar-refractivity contribution is 8.01. The van der Waals surface area contributed by atoms with Crippen LogP contribution in [-0.2, 0) is 9.59 Å². The first kappa shape index (κ1) is 23.9. The van der Waals surface area contributed by atoms with E-state index in [4.69, 9.17) is 4.74 Å². The number of nitro benzene ring substituents is 1. The highest BCUT2D eigenvalue weighted by atomic mass is 32.2. The summed E-state index contributed by atoms with van der Waals surface area (Å²) in [5.41, 5.74) is 1.35. The van der Waals surface area contributed by atoms with E-state index in [0.717, 1.165) is 36.1 Å². The molecule has 1 aliphatic rings. The summed E-state index contributed by atoms with van der Waals surface area (Å²) in [6.07, 6.45) is 2.27. The second kappa shape index (κ2) is 10.8. The summed E-state index contributed by atoms with van der Waals surface area (Å²) < 4.78 is 6.59. The number of nitrogens with one attached hydrogen (secondary N) is 2. The first-order chi connectivity index (χ1) is 16.4. The molecule has 178 valence electrons. The molecule has 2 heterocycles. The van der Waals surface area contributed by atoms with Crippen molar-refractivity contribution in [3.05, 3.63) is 46.5 Å². The van der Waals surface area contributed by atoms with Crippen LogP contribution in [0.4, 0.5) is 17.1 Å². The summed E-state index contributed by atoms with van der Waals surface area (Å²) in [4.78, 5) is 42.0. The molecule has 10 nitrogen and oxygen atoms in total. The van der Waals surface area contributed by atoms with Crippen molar-refractivity contribution in [2.75, 3.05) is 43.1 Å². The average Bonchev–Trinajstić information content (AvgIpc) is 3.47. The van der Waals surface area contributed by atoms with Crippen molar-refractivity contribution in [2.24, 2.45) is 0 Å². The normalized spacial score (nSPS) is 13.7. The minimum absolute atomic E-state index is 0.0374. The highest BCUT2D eigenvalue weighted by Crippen LogP contribution is 2.32. The van der Waals surface area contributed by atoms with Gasteiger partial charge in [-0.2, -0.15) is 0 Å². The molecule has 1 aromatic heterocycles. The van der Waals surface area contributed by atoms with E-state index in [2.05, 4.69) is 20.5 Å². The number of rotatable bonds is 9. The van der Waals surface area contributed by atoms with E-state index < -0.39 is 4.92 Å². The second-order valence-corrected chi connectivity index (χ2v) is 9.92. The third kappa shape index (κ3) is 6.01. The third-order valence-electron chi connectivity index (χ3n) is 5.22. The van der Waals surface area contributed by atoms with Gasteiger partial charge in [0, 0.05) is 5.69 Å². The Kier molecular flexibility index (Phi) is 7.60. The van der Waals surface area contributed by atoms with Crippen LogP contribution in [-0.4, -0.2) is 59.1 Å². The lowest BCUT2D eigenvalue weighted by Crippen LogP contribution is -2.30. The Bertz CT molecular complexity index is 1230. The number of aromatic nitrogens is 1. The molecule has 2 N–H and O–H groups in total. The molecule has 4 rings (SSSR count). The molecule has 0 bridgehead atoms. The predicted molar refractivity (Wildman–Crippen MR) is 133 cm³/mol. The van der Waals surface area contributed by atoms with Crippen LogP contribution in [0, 0.1) is 10.1 Å². The molecular weight excluding hydrogens is 478 g/mol. The summed E-state index contributed by atoms with van der Waals surface area (Å²) in [5, 5.41) is 16.8. The zero-order chi connectivity index (χ0) is 24.1. The van der Waals surface area contributed by atoms with Crippen LogP contribution in [0.5, 0.6) is 5.75 Å². The van der Waals surface area contributed by atoms with E-state index in [-0.39, 0.29) is 28.9 Å². The topological polar surface area (TPSA) is 127 Å². The van der Waals surface area contributed by atoms with E-state index in [1.165, 1.54) is 42.3 Å². The minimum atomic E-state index is -0.569. The number of thioether (sulfide) groups is 1. The van der Waals surface area contributed by atoms with Crippen LogP contribution in [0.1, 0.15) is 12.8 Å². The monoisotopic (exact) mass is 501 g/mol. The quantitative estimate of drug-likeness (QED) is 0.256. The summed E-state index contributed by atoms with van der Waals surface area (Å²) in [6, 6.07) is 9.77. The van der Waals surface area contributed by atoms with Gasteiger partial charge in [0.25, 0.3) is 5.69 Å².